The Labute approximate surface area is 84.0 Å². The molecular weight excluding hydrogens is 269 g/mol. The van der Waals surface area contributed by atoms with Gasteiger partial charge in [0.25, 0.3) is 5.69 Å². The van der Waals surface area contributed by atoms with E-state index in [4.69, 9.17) is 0 Å². The third kappa shape index (κ3) is 2.00. The Kier molecular flexibility index (Phi) is 2.74. The van der Waals surface area contributed by atoms with Crippen molar-refractivity contribution in [2.24, 2.45) is 0 Å². The molecular formula is C6H2BrF3N2O2. The summed E-state index contributed by atoms with van der Waals surface area (Å²) >= 11 is 2.64. The van der Waals surface area contributed by atoms with E-state index in [-0.39, 0.29) is 4.47 Å². The van der Waals surface area contributed by atoms with Gasteiger partial charge in [-0.2, -0.15) is 13.2 Å². The van der Waals surface area contributed by atoms with E-state index in [1.165, 1.54) is 0 Å². The van der Waals surface area contributed by atoms with Crippen LogP contribution < -0.4 is 0 Å². The molecule has 76 valence electrons. The second kappa shape index (κ2) is 3.52. The van der Waals surface area contributed by atoms with Crippen molar-refractivity contribution >= 4 is 21.6 Å². The van der Waals surface area contributed by atoms with Crippen LogP contribution in [-0.2, 0) is 6.18 Å². The molecule has 0 atom stereocenters. The first-order valence-corrected chi connectivity index (χ1v) is 3.98. The quantitative estimate of drug-likeness (QED) is 0.582. The van der Waals surface area contributed by atoms with E-state index in [1.54, 1.807) is 0 Å². The maximum atomic E-state index is 12.2. The van der Waals surface area contributed by atoms with Crippen molar-refractivity contribution in [3.05, 3.63) is 32.5 Å². The van der Waals surface area contributed by atoms with Gasteiger partial charge in [-0.1, -0.05) is 0 Å². The first kappa shape index (κ1) is 10.9. The molecule has 0 bridgehead atoms. The van der Waals surface area contributed by atoms with Gasteiger partial charge in [0.1, 0.15) is 4.47 Å². The SMILES string of the molecule is O=[N+]([O-])c1c(Br)cncc1C(F)(F)F. The highest BCUT2D eigenvalue weighted by atomic mass is 79.9. The number of alkyl halides is 3. The zero-order chi connectivity index (χ0) is 10.9. The van der Waals surface area contributed by atoms with Crippen LogP contribution in [0.5, 0.6) is 0 Å². The number of nitrogens with zero attached hydrogens (tertiary/aromatic N) is 2. The van der Waals surface area contributed by atoms with Gasteiger partial charge in [0.05, 0.1) is 4.92 Å². The third-order valence-electron chi connectivity index (χ3n) is 1.36. The first-order valence-electron chi connectivity index (χ1n) is 3.19. The van der Waals surface area contributed by atoms with Crippen LogP contribution in [0.4, 0.5) is 18.9 Å². The average molecular weight is 271 g/mol. The molecule has 1 rings (SSSR count). The predicted molar refractivity (Wildman–Crippen MR) is 43.6 cm³/mol. The summed E-state index contributed by atoms with van der Waals surface area (Å²) in [5.41, 5.74) is -2.38. The Balaban J connectivity index is 3.44. The fourth-order valence-corrected chi connectivity index (χ4v) is 1.30. The van der Waals surface area contributed by atoms with Crippen LogP contribution in [0.25, 0.3) is 0 Å². The number of hydrogen-bond donors (Lipinski definition) is 0. The van der Waals surface area contributed by atoms with E-state index < -0.39 is 22.4 Å². The average Bonchev–Trinajstić information content (AvgIpc) is 2.01. The van der Waals surface area contributed by atoms with E-state index in [0.717, 1.165) is 6.20 Å². The van der Waals surface area contributed by atoms with Crippen LogP contribution in [0.2, 0.25) is 0 Å². The highest BCUT2D eigenvalue weighted by molar-refractivity contribution is 9.10. The molecule has 1 aromatic heterocycles. The van der Waals surface area contributed by atoms with Crippen LogP contribution in [0, 0.1) is 10.1 Å². The van der Waals surface area contributed by atoms with Crippen molar-refractivity contribution in [1.29, 1.82) is 0 Å². The lowest BCUT2D eigenvalue weighted by molar-refractivity contribution is -0.389. The second-order valence-corrected chi connectivity index (χ2v) is 3.13. The van der Waals surface area contributed by atoms with Crippen LogP contribution >= 0.6 is 15.9 Å². The summed E-state index contributed by atoms with van der Waals surface area (Å²) in [6.07, 6.45) is -3.42. The van der Waals surface area contributed by atoms with Gasteiger partial charge < -0.3 is 0 Å². The van der Waals surface area contributed by atoms with Gasteiger partial charge in [0, 0.05) is 12.4 Å². The van der Waals surface area contributed by atoms with Crippen LogP contribution in [-0.4, -0.2) is 9.91 Å². The number of pyridine rings is 1. The van der Waals surface area contributed by atoms with Gasteiger partial charge in [0.2, 0.25) is 0 Å². The van der Waals surface area contributed by atoms with Crippen molar-refractivity contribution in [3.8, 4) is 0 Å². The Bertz CT molecular complexity index is 380. The second-order valence-electron chi connectivity index (χ2n) is 2.27. The van der Waals surface area contributed by atoms with Gasteiger partial charge in [-0.25, -0.2) is 0 Å². The minimum Gasteiger partial charge on any atom is -0.262 e. The molecule has 0 unspecified atom stereocenters. The first-order chi connectivity index (χ1) is 6.34. The molecule has 1 aromatic rings. The van der Waals surface area contributed by atoms with Crippen LogP contribution in [0.15, 0.2) is 16.9 Å². The third-order valence-corrected chi connectivity index (χ3v) is 1.94. The maximum absolute atomic E-state index is 12.2. The predicted octanol–water partition coefficient (Wildman–Crippen LogP) is 2.77. The smallest absolute Gasteiger partial charge is 0.262 e. The molecule has 4 nitrogen and oxygen atoms in total. The standard InChI is InChI=1S/C6H2BrF3N2O2/c7-4-2-11-1-3(6(8,9)10)5(4)12(13)14/h1-2H. The summed E-state index contributed by atoms with van der Waals surface area (Å²) in [6.45, 7) is 0. The molecule has 0 aliphatic carbocycles. The van der Waals surface area contributed by atoms with Crippen molar-refractivity contribution in [2.45, 2.75) is 6.18 Å². The Morgan fingerprint density at radius 2 is 2.00 bits per heavy atom. The molecule has 0 amide bonds. The lowest BCUT2D eigenvalue weighted by Gasteiger charge is -2.06. The van der Waals surface area contributed by atoms with Gasteiger partial charge in [-0.05, 0) is 15.9 Å². The number of rotatable bonds is 1. The minimum absolute atomic E-state index is 0.294. The Morgan fingerprint density at radius 3 is 2.36 bits per heavy atom. The largest absolute Gasteiger partial charge is 0.424 e. The molecule has 0 aliphatic rings. The van der Waals surface area contributed by atoms with Crippen molar-refractivity contribution in [3.63, 3.8) is 0 Å². The molecule has 0 radical (unpaired) electrons. The fourth-order valence-electron chi connectivity index (χ4n) is 0.821. The normalized spacial score (nSPS) is 11.4. The summed E-state index contributed by atoms with van der Waals surface area (Å²) in [4.78, 5) is 12.5. The van der Waals surface area contributed by atoms with Crippen molar-refractivity contribution in [2.75, 3.05) is 0 Å². The lowest BCUT2D eigenvalue weighted by Crippen LogP contribution is -2.09. The van der Waals surface area contributed by atoms with E-state index in [0.29, 0.717) is 6.20 Å². The Morgan fingerprint density at radius 1 is 1.43 bits per heavy atom. The number of hydrogen-bond acceptors (Lipinski definition) is 3. The van der Waals surface area contributed by atoms with Gasteiger partial charge >= 0.3 is 6.18 Å². The van der Waals surface area contributed by atoms with E-state index >= 15 is 0 Å². The fraction of sp³-hybridized carbons (Fsp3) is 0.167. The van der Waals surface area contributed by atoms with Crippen LogP contribution in [0.1, 0.15) is 5.56 Å². The molecule has 0 saturated carbocycles. The van der Waals surface area contributed by atoms with E-state index in [9.17, 15) is 23.3 Å². The van der Waals surface area contributed by atoms with Crippen molar-refractivity contribution in [1.82, 2.24) is 4.98 Å². The molecule has 0 saturated heterocycles. The number of aromatic nitrogens is 1. The van der Waals surface area contributed by atoms with Gasteiger partial charge in [0.15, 0.2) is 5.56 Å². The zero-order valence-corrected chi connectivity index (χ0v) is 7.96. The molecule has 8 heteroatoms. The molecule has 14 heavy (non-hydrogen) atoms. The van der Waals surface area contributed by atoms with E-state index in [2.05, 4.69) is 20.9 Å². The summed E-state index contributed by atoms with van der Waals surface area (Å²) in [7, 11) is 0. The summed E-state index contributed by atoms with van der Waals surface area (Å²) in [5, 5.41) is 10.3. The molecule has 0 N–H and O–H groups in total. The zero-order valence-electron chi connectivity index (χ0n) is 6.38. The minimum atomic E-state index is -4.78. The molecule has 0 aliphatic heterocycles. The molecule has 0 fully saturated rings. The van der Waals surface area contributed by atoms with Gasteiger partial charge in [-0.15, -0.1) is 0 Å². The lowest BCUT2D eigenvalue weighted by atomic mass is 10.2. The summed E-state index contributed by atoms with van der Waals surface area (Å²) < 4.78 is 36.4. The highest BCUT2D eigenvalue weighted by Gasteiger charge is 2.39. The number of halogens is 4. The Hall–Kier alpha value is -1.18. The monoisotopic (exact) mass is 270 g/mol. The molecule has 1 heterocycles. The number of nitro groups is 1. The van der Waals surface area contributed by atoms with Gasteiger partial charge in [-0.3, -0.25) is 15.1 Å². The maximum Gasteiger partial charge on any atom is 0.424 e. The molecule has 0 spiro atoms. The summed E-state index contributed by atoms with van der Waals surface area (Å²) in [5.74, 6) is 0. The van der Waals surface area contributed by atoms with E-state index in [1.807, 2.05) is 0 Å². The summed E-state index contributed by atoms with van der Waals surface area (Å²) in [6, 6.07) is 0. The highest BCUT2D eigenvalue weighted by Crippen LogP contribution is 2.38. The van der Waals surface area contributed by atoms with Crippen molar-refractivity contribution < 1.29 is 18.1 Å². The topological polar surface area (TPSA) is 56.0 Å². The molecule has 0 aromatic carbocycles. The van der Waals surface area contributed by atoms with Crippen LogP contribution in [0.3, 0.4) is 0 Å².